The second-order valence-corrected chi connectivity index (χ2v) is 6.66. The van der Waals surface area contributed by atoms with Crippen molar-refractivity contribution >= 4 is 17.3 Å². The molecule has 1 amide bonds. The quantitative estimate of drug-likeness (QED) is 0.904. The predicted octanol–water partition coefficient (Wildman–Crippen LogP) is 4.16. The van der Waals surface area contributed by atoms with E-state index >= 15 is 0 Å². The highest BCUT2D eigenvalue weighted by atomic mass is 19.1. The van der Waals surface area contributed by atoms with Crippen LogP contribution in [0.4, 0.5) is 15.8 Å². The average molecular weight is 345 g/mol. The fourth-order valence-corrected chi connectivity index (χ4v) is 3.50. The molecule has 1 aromatic carbocycles. The smallest absolute Gasteiger partial charge is 0.231 e. The van der Waals surface area contributed by atoms with Gasteiger partial charge < -0.3 is 14.7 Å². The summed E-state index contributed by atoms with van der Waals surface area (Å²) in [6.45, 7) is 7.26. The Morgan fingerprint density at radius 3 is 2.64 bits per heavy atom. The number of anilines is 2. The fourth-order valence-electron chi connectivity index (χ4n) is 3.50. The van der Waals surface area contributed by atoms with Gasteiger partial charge in [0, 0.05) is 18.7 Å². The van der Waals surface area contributed by atoms with Crippen molar-refractivity contribution in [2.45, 2.75) is 46.0 Å². The molecule has 2 aromatic rings. The monoisotopic (exact) mass is 345 g/mol. The Labute approximate surface area is 147 Å². The number of nitrogens with one attached hydrogen (secondary N) is 1. The van der Waals surface area contributed by atoms with Crippen molar-refractivity contribution in [3.63, 3.8) is 0 Å². The molecule has 0 bridgehead atoms. The molecule has 1 aliphatic heterocycles. The molecule has 0 spiro atoms. The van der Waals surface area contributed by atoms with Gasteiger partial charge in [0.25, 0.3) is 0 Å². The summed E-state index contributed by atoms with van der Waals surface area (Å²) in [4.78, 5) is 14.9. The molecule has 0 radical (unpaired) electrons. The lowest BCUT2D eigenvalue weighted by atomic mass is 9.98. The highest BCUT2D eigenvalue weighted by molar-refractivity contribution is 5.98. The number of nitrogens with zero attached hydrogens (tertiary/aromatic N) is 2. The number of amides is 1. The summed E-state index contributed by atoms with van der Waals surface area (Å²) in [6.07, 6.45) is 3.43. The van der Waals surface area contributed by atoms with Gasteiger partial charge in [0.2, 0.25) is 5.91 Å². The summed E-state index contributed by atoms with van der Waals surface area (Å²) in [5.41, 5.74) is 2.88. The maximum Gasteiger partial charge on any atom is 0.231 e. The molecule has 3 rings (SSSR count). The minimum Gasteiger partial charge on any atom is -0.370 e. The van der Waals surface area contributed by atoms with Crippen LogP contribution in [0, 0.1) is 19.7 Å². The van der Waals surface area contributed by atoms with Gasteiger partial charge in [-0.3, -0.25) is 4.79 Å². The fraction of sp³-hybridized carbons (Fsp3) is 0.474. The number of aryl methyl sites for hydroxylation is 2. The minimum absolute atomic E-state index is 0.196. The van der Waals surface area contributed by atoms with Gasteiger partial charge >= 0.3 is 0 Å². The maximum atomic E-state index is 13.8. The zero-order valence-corrected chi connectivity index (χ0v) is 14.9. The first-order valence-electron chi connectivity index (χ1n) is 8.75. The minimum atomic E-state index is -0.427. The van der Waals surface area contributed by atoms with Crippen LogP contribution in [-0.2, 0) is 4.79 Å². The average Bonchev–Trinajstić information content (AvgIpc) is 2.93. The Balaban J connectivity index is 1.84. The van der Waals surface area contributed by atoms with Gasteiger partial charge in [0.05, 0.1) is 23.0 Å². The molecule has 1 fully saturated rings. The molecule has 1 saturated heterocycles. The Morgan fingerprint density at radius 2 is 2.00 bits per heavy atom. The number of hydrogen-bond acceptors (Lipinski definition) is 4. The number of rotatable bonds is 4. The summed E-state index contributed by atoms with van der Waals surface area (Å²) in [6, 6.07) is 4.58. The van der Waals surface area contributed by atoms with Crippen LogP contribution in [0.5, 0.6) is 0 Å². The third-order valence-corrected chi connectivity index (χ3v) is 4.83. The number of aromatic nitrogens is 1. The maximum absolute atomic E-state index is 13.8. The lowest BCUT2D eigenvalue weighted by Gasteiger charge is -2.30. The zero-order chi connectivity index (χ0) is 18.0. The Bertz CT molecular complexity index is 747. The van der Waals surface area contributed by atoms with Crippen LogP contribution in [-0.4, -0.2) is 24.2 Å². The van der Waals surface area contributed by atoms with Crippen LogP contribution in [0.15, 0.2) is 22.7 Å². The molecule has 1 unspecified atom stereocenters. The summed E-state index contributed by atoms with van der Waals surface area (Å²) in [7, 11) is 0. The van der Waals surface area contributed by atoms with E-state index in [0.29, 0.717) is 17.1 Å². The van der Waals surface area contributed by atoms with Gasteiger partial charge in [-0.05, 0) is 58.2 Å². The van der Waals surface area contributed by atoms with Crippen molar-refractivity contribution in [3.8, 4) is 0 Å². The van der Waals surface area contributed by atoms with Gasteiger partial charge in [0.1, 0.15) is 11.6 Å². The predicted molar refractivity (Wildman–Crippen MR) is 95.5 cm³/mol. The van der Waals surface area contributed by atoms with Crippen LogP contribution < -0.4 is 10.2 Å². The Kier molecular flexibility index (Phi) is 5.06. The first kappa shape index (κ1) is 17.5. The lowest BCUT2D eigenvalue weighted by molar-refractivity contribution is -0.117. The first-order valence-corrected chi connectivity index (χ1v) is 8.75. The number of halogens is 1. The van der Waals surface area contributed by atoms with Crippen LogP contribution in [0.2, 0.25) is 0 Å². The Morgan fingerprint density at radius 1 is 1.28 bits per heavy atom. The molecule has 0 aliphatic carbocycles. The molecule has 6 heteroatoms. The standard InChI is InChI=1S/C19H24FN3O2/c1-12(18-13(2)22-25-14(18)3)19(24)21-16-11-15(20)7-8-17(16)23-9-5-4-6-10-23/h7-8,11-12H,4-6,9-10H2,1-3H3,(H,21,24). The normalized spacial score (nSPS) is 15.9. The third kappa shape index (κ3) is 3.67. The number of carbonyl (C=O) groups excluding carboxylic acids is 1. The van der Waals surface area contributed by atoms with E-state index in [1.807, 2.05) is 13.8 Å². The topological polar surface area (TPSA) is 58.4 Å². The third-order valence-electron chi connectivity index (χ3n) is 4.83. The van der Waals surface area contributed by atoms with E-state index < -0.39 is 5.92 Å². The van der Waals surface area contributed by atoms with Crippen LogP contribution >= 0.6 is 0 Å². The van der Waals surface area contributed by atoms with E-state index in [9.17, 15) is 9.18 Å². The van der Waals surface area contributed by atoms with Crippen molar-refractivity contribution in [2.24, 2.45) is 0 Å². The second kappa shape index (κ2) is 7.25. The SMILES string of the molecule is Cc1noc(C)c1C(C)C(=O)Nc1cc(F)ccc1N1CCCCC1. The highest BCUT2D eigenvalue weighted by Gasteiger charge is 2.24. The molecule has 5 nitrogen and oxygen atoms in total. The van der Waals surface area contributed by atoms with E-state index in [4.69, 9.17) is 4.52 Å². The Hall–Kier alpha value is -2.37. The van der Waals surface area contributed by atoms with Crippen molar-refractivity contribution in [1.82, 2.24) is 5.16 Å². The molecular weight excluding hydrogens is 321 g/mol. The molecule has 1 aromatic heterocycles. The van der Waals surface area contributed by atoms with Gasteiger partial charge in [-0.25, -0.2) is 4.39 Å². The molecule has 0 saturated carbocycles. The molecule has 2 heterocycles. The van der Waals surface area contributed by atoms with Crippen molar-refractivity contribution < 1.29 is 13.7 Å². The van der Waals surface area contributed by atoms with Gasteiger partial charge in [-0.2, -0.15) is 0 Å². The zero-order valence-electron chi connectivity index (χ0n) is 14.9. The van der Waals surface area contributed by atoms with Crippen molar-refractivity contribution in [3.05, 3.63) is 41.0 Å². The van der Waals surface area contributed by atoms with E-state index in [2.05, 4.69) is 15.4 Å². The van der Waals surface area contributed by atoms with Crippen LogP contribution in [0.1, 0.15) is 49.1 Å². The molecule has 25 heavy (non-hydrogen) atoms. The van der Waals surface area contributed by atoms with Gasteiger partial charge in [-0.15, -0.1) is 0 Å². The van der Waals surface area contributed by atoms with Crippen LogP contribution in [0.25, 0.3) is 0 Å². The molecule has 1 atom stereocenters. The molecule has 1 aliphatic rings. The number of benzene rings is 1. The van der Waals surface area contributed by atoms with E-state index in [0.717, 1.165) is 37.2 Å². The summed E-state index contributed by atoms with van der Waals surface area (Å²) in [5, 5.41) is 6.81. The highest BCUT2D eigenvalue weighted by Crippen LogP contribution is 2.31. The van der Waals surface area contributed by atoms with Crippen molar-refractivity contribution in [2.75, 3.05) is 23.3 Å². The lowest BCUT2D eigenvalue weighted by Crippen LogP contribution is -2.31. The summed E-state index contributed by atoms with van der Waals surface area (Å²) in [5.74, 6) is -0.348. The van der Waals surface area contributed by atoms with Crippen molar-refractivity contribution in [1.29, 1.82) is 0 Å². The largest absolute Gasteiger partial charge is 0.370 e. The summed E-state index contributed by atoms with van der Waals surface area (Å²) >= 11 is 0. The number of hydrogen-bond donors (Lipinski definition) is 1. The summed E-state index contributed by atoms with van der Waals surface area (Å²) < 4.78 is 18.9. The van der Waals surface area contributed by atoms with Gasteiger partial charge in [0.15, 0.2) is 0 Å². The van der Waals surface area contributed by atoms with E-state index in [1.165, 1.54) is 18.6 Å². The molecular formula is C19H24FN3O2. The van der Waals surface area contributed by atoms with E-state index in [-0.39, 0.29) is 11.7 Å². The second-order valence-electron chi connectivity index (χ2n) is 6.66. The van der Waals surface area contributed by atoms with Crippen LogP contribution in [0.3, 0.4) is 0 Å². The van der Waals surface area contributed by atoms with E-state index in [1.54, 1.807) is 13.0 Å². The molecule has 1 N–H and O–H groups in total. The first-order chi connectivity index (χ1) is 12.0. The number of piperidine rings is 1. The van der Waals surface area contributed by atoms with Gasteiger partial charge in [-0.1, -0.05) is 5.16 Å². The molecule has 134 valence electrons. The number of carbonyl (C=O) groups is 1.